The second kappa shape index (κ2) is 7.15. The highest BCUT2D eigenvalue weighted by molar-refractivity contribution is 5.30. The first kappa shape index (κ1) is 10.8. The lowest BCUT2D eigenvalue weighted by molar-refractivity contribution is 0.693. The van der Waals surface area contributed by atoms with Gasteiger partial charge in [0.25, 0.3) is 6.54 Å². The summed E-state index contributed by atoms with van der Waals surface area (Å²) in [5.41, 5.74) is 1.07. The zero-order chi connectivity index (χ0) is 10.1. The topological polar surface area (TPSA) is 4.36 Å². The minimum Gasteiger partial charge on any atom is -0.0780 e. The van der Waals surface area contributed by atoms with Crippen LogP contribution in [0.15, 0.2) is 30.3 Å². The summed E-state index contributed by atoms with van der Waals surface area (Å²) >= 11 is 0. The van der Waals surface area contributed by atoms with E-state index in [1.54, 1.807) is 0 Å². The van der Waals surface area contributed by atoms with E-state index >= 15 is 0 Å². The predicted octanol–water partition coefficient (Wildman–Crippen LogP) is 3.95. The van der Waals surface area contributed by atoms with Gasteiger partial charge in [0, 0.05) is 6.42 Å². The predicted molar refractivity (Wildman–Crippen MR) is 61.8 cm³/mol. The van der Waals surface area contributed by atoms with Gasteiger partial charge in [0.1, 0.15) is 5.56 Å². The first-order valence-electron chi connectivity index (χ1n) is 5.41. The van der Waals surface area contributed by atoms with E-state index in [-0.39, 0.29) is 0 Å². The first-order chi connectivity index (χ1) is 6.93. The van der Waals surface area contributed by atoms with Crippen molar-refractivity contribution in [1.29, 1.82) is 0 Å². The number of unbranched alkanes of at least 4 members (excludes halogenated alkanes) is 3. The average molecular weight is 188 g/mol. The van der Waals surface area contributed by atoms with Gasteiger partial charge in [-0.3, -0.25) is 0 Å². The van der Waals surface area contributed by atoms with Crippen LogP contribution in [0.1, 0.15) is 38.2 Å². The van der Waals surface area contributed by atoms with Crippen LogP contribution in [0.5, 0.6) is 0 Å². The Bertz CT molecular complexity index is 292. The van der Waals surface area contributed by atoms with E-state index in [4.69, 9.17) is 0 Å². The average Bonchev–Trinajstić information content (AvgIpc) is 2.25. The minimum atomic E-state index is 0.912. The van der Waals surface area contributed by atoms with Gasteiger partial charge in [-0.15, -0.1) is 0 Å². The number of hydrogen-bond acceptors (Lipinski definition) is 0. The molecule has 0 amide bonds. The number of nitrogens with zero attached hydrogens (tertiary/aromatic N) is 1. The summed E-state index contributed by atoms with van der Waals surface area (Å²) in [7, 11) is 0. The van der Waals surface area contributed by atoms with Crippen molar-refractivity contribution >= 4 is 0 Å². The van der Waals surface area contributed by atoms with Crippen LogP contribution >= 0.6 is 0 Å². The molecule has 0 radical (unpaired) electrons. The van der Waals surface area contributed by atoms with Crippen molar-refractivity contribution in [2.45, 2.75) is 32.6 Å². The molecular weight excluding hydrogens is 170 g/mol. The van der Waals surface area contributed by atoms with Crippen molar-refractivity contribution in [2.75, 3.05) is 6.54 Å². The standard InChI is InChI=1S/C13H18N/c1-2-3-4-8-11-14-12-13-9-6-5-7-10-13/h5-7,9-10H,2-4,8,11H2,1H3/q+1. The van der Waals surface area contributed by atoms with Gasteiger partial charge >= 0.3 is 6.07 Å². The fourth-order valence-corrected chi connectivity index (χ4v) is 1.28. The monoisotopic (exact) mass is 188 g/mol. The second-order valence-corrected chi connectivity index (χ2v) is 3.42. The van der Waals surface area contributed by atoms with Crippen LogP contribution in [0.3, 0.4) is 0 Å². The Morgan fingerprint density at radius 3 is 2.57 bits per heavy atom. The van der Waals surface area contributed by atoms with E-state index in [0.29, 0.717) is 0 Å². The number of benzene rings is 1. The number of rotatable bonds is 4. The molecule has 0 saturated heterocycles. The van der Waals surface area contributed by atoms with Gasteiger partial charge in [0.05, 0.1) is 0 Å². The SMILES string of the molecule is CCCCCC[N+]#Cc1ccccc1. The van der Waals surface area contributed by atoms with Crippen LogP contribution in [0.2, 0.25) is 0 Å². The molecule has 0 atom stereocenters. The van der Waals surface area contributed by atoms with E-state index in [9.17, 15) is 0 Å². The molecule has 74 valence electrons. The molecule has 0 aliphatic rings. The molecule has 0 heterocycles. The highest BCUT2D eigenvalue weighted by Gasteiger charge is 1.94. The molecule has 1 rings (SSSR count). The van der Waals surface area contributed by atoms with Crippen molar-refractivity contribution in [3.63, 3.8) is 0 Å². The molecular formula is C13H18N+. The summed E-state index contributed by atoms with van der Waals surface area (Å²) in [6, 6.07) is 13.1. The Morgan fingerprint density at radius 1 is 1.07 bits per heavy atom. The van der Waals surface area contributed by atoms with Gasteiger partial charge in [-0.05, 0) is 18.6 Å². The Labute approximate surface area is 86.6 Å². The van der Waals surface area contributed by atoms with Gasteiger partial charge < -0.3 is 0 Å². The second-order valence-electron chi connectivity index (χ2n) is 3.42. The largest absolute Gasteiger partial charge is 0.311 e. The first-order valence-corrected chi connectivity index (χ1v) is 5.41. The van der Waals surface area contributed by atoms with E-state index < -0.39 is 0 Å². The number of hydrogen-bond donors (Lipinski definition) is 0. The van der Waals surface area contributed by atoms with Crippen LogP contribution in [-0.4, -0.2) is 6.54 Å². The van der Waals surface area contributed by atoms with Crippen LogP contribution in [0.4, 0.5) is 0 Å². The highest BCUT2D eigenvalue weighted by atomic mass is 14.6. The normalized spacial score (nSPS) is 9.21. The zero-order valence-corrected chi connectivity index (χ0v) is 8.87. The Morgan fingerprint density at radius 2 is 1.86 bits per heavy atom. The fraction of sp³-hybridized carbons (Fsp3) is 0.462. The van der Waals surface area contributed by atoms with Crippen molar-refractivity contribution in [2.24, 2.45) is 0 Å². The van der Waals surface area contributed by atoms with E-state index in [1.807, 2.05) is 30.3 Å². The summed E-state index contributed by atoms with van der Waals surface area (Å²) in [5, 5.41) is 0. The van der Waals surface area contributed by atoms with Gasteiger partial charge in [-0.2, -0.15) is 0 Å². The van der Waals surface area contributed by atoms with Gasteiger partial charge in [-0.25, -0.2) is 0 Å². The molecule has 1 aromatic carbocycles. The third kappa shape index (κ3) is 4.67. The van der Waals surface area contributed by atoms with Crippen LogP contribution in [0.25, 0.3) is 4.85 Å². The van der Waals surface area contributed by atoms with Crippen molar-refractivity contribution in [3.05, 3.63) is 40.7 Å². The lowest BCUT2D eigenvalue weighted by Gasteiger charge is -1.87. The third-order valence-corrected chi connectivity index (χ3v) is 2.11. The van der Waals surface area contributed by atoms with Gasteiger partial charge in [-0.1, -0.05) is 42.8 Å². The van der Waals surface area contributed by atoms with Crippen LogP contribution < -0.4 is 0 Å². The summed E-state index contributed by atoms with van der Waals surface area (Å²) in [5.74, 6) is 0. The molecule has 0 aliphatic carbocycles. The fourth-order valence-electron chi connectivity index (χ4n) is 1.28. The Balaban J connectivity index is 2.21. The van der Waals surface area contributed by atoms with Gasteiger partial charge in [0.2, 0.25) is 0 Å². The summed E-state index contributed by atoms with van der Waals surface area (Å²) < 4.78 is 0. The van der Waals surface area contributed by atoms with Crippen molar-refractivity contribution in [3.8, 4) is 6.07 Å². The molecule has 0 aliphatic heterocycles. The lowest BCUT2D eigenvalue weighted by Crippen LogP contribution is -1.78. The van der Waals surface area contributed by atoms with E-state index in [2.05, 4.69) is 17.8 Å². The molecule has 1 aromatic rings. The van der Waals surface area contributed by atoms with Gasteiger partial charge in [0.15, 0.2) is 0 Å². The molecule has 0 fully saturated rings. The highest BCUT2D eigenvalue weighted by Crippen LogP contribution is 1.99. The van der Waals surface area contributed by atoms with Crippen molar-refractivity contribution in [1.82, 2.24) is 0 Å². The molecule has 0 bridgehead atoms. The minimum absolute atomic E-state index is 0.912. The Kier molecular flexibility index (Phi) is 5.51. The molecule has 0 N–H and O–H groups in total. The zero-order valence-electron chi connectivity index (χ0n) is 8.87. The molecule has 0 unspecified atom stereocenters. The lowest BCUT2D eigenvalue weighted by atomic mass is 10.2. The maximum Gasteiger partial charge on any atom is 0.311 e. The maximum absolute atomic E-state index is 4.26. The molecule has 1 nitrogen and oxygen atoms in total. The summed E-state index contributed by atoms with van der Waals surface area (Å²) in [6.07, 6.45) is 5.08. The van der Waals surface area contributed by atoms with Crippen LogP contribution in [0, 0.1) is 6.07 Å². The molecule has 0 saturated carbocycles. The summed E-state index contributed by atoms with van der Waals surface area (Å²) in [4.78, 5) is 4.26. The maximum atomic E-state index is 4.26. The molecule has 0 spiro atoms. The Hall–Kier alpha value is -1.29. The van der Waals surface area contributed by atoms with Crippen molar-refractivity contribution < 1.29 is 0 Å². The third-order valence-electron chi connectivity index (χ3n) is 2.11. The molecule has 1 heteroatoms. The molecule has 14 heavy (non-hydrogen) atoms. The van der Waals surface area contributed by atoms with Crippen LogP contribution in [-0.2, 0) is 0 Å². The summed E-state index contributed by atoms with van der Waals surface area (Å²) in [6.45, 7) is 3.13. The molecule has 0 aromatic heterocycles. The van der Waals surface area contributed by atoms with E-state index in [1.165, 1.54) is 25.7 Å². The smallest absolute Gasteiger partial charge is 0.0780 e. The van der Waals surface area contributed by atoms with E-state index in [0.717, 1.165) is 12.1 Å². The quantitative estimate of drug-likeness (QED) is 0.630.